The number of hydrogen-bond donors (Lipinski definition) is 0. The molecule has 0 heterocycles. The van der Waals surface area contributed by atoms with Crippen LogP contribution in [-0.2, 0) is 4.79 Å². The smallest absolute Gasteiger partial charge is 0.259 e. The lowest BCUT2D eigenvalue weighted by Gasteiger charge is -2.02. The third-order valence-electron chi connectivity index (χ3n) is 1.34. The molecule has 1 rings (SSSR count). The lowest BCUT2D eigenvalue weighted by atomic mass is 10.2. The third-order valence-corrected chi connectivity index (χ3v) is 1.45. The highest BCUT2D eigenvalue weighted by atomic mass is 35.5. The highest BCUT2D eigenvalue weighted by Gasteiger charge is 1.97. The third kappa shape index (κ3) is 2.93. The summed E-state index contributed by atoms with van der Waals surface area (Å²) in [6, 6.07) is 7.45. The molecule has 0 saturated carbocycles. The molecule has 0 unspecified atom stereocenters. The van der Waals surface area contributed by atoms with Crippen molar-refractivity contribution in [2.45, 2.75) is 6.92 Å². The molecule has 0 radical (unpaired) electrons. The summed E-state index contributed by atoms with van der Waals surface area (Å²) in [4.78, 5) is 10.3. The molecule has 0 spiro atoms. The van der Waals surface area contributed by atoms with Crippen LogP contribution in [0, 0.1) is 6.92 Å². The van der Waals surface area contributed by atoms with Gasteiger partial charge in [0.1, 0.15) is 5.75 Å². The molecule has 3 heteroatoms. The van der Waals surface area contributed by atoms with Crippen molar-refractivity contribution in [1.29, 1.82) is 0 Å². The maximum Gasteiger partial charge on any atom is 0.259 e. The van der Waals surface area contributed by atoms with E-state index in [1.807, 2.05) is 25.1 Å². The average molecular weight is 185 g/mol. The lowest BCUT2D eigenvalue weighted by Crippen LogP contribution is -2.04. The van der Waals surface area contributed by atoms with Crippen LogP contribution in [-0.4, -0.2) is 11.8 Å². The molecule has 2 nitrogen and oxygen atoms in total. The van der Waals surface area contributed by atoms with Crippen LogP contribution >= 0.6 is 11.6 Å². The van der Waals surface area contributed by atoms with Crippen molar-refractivity contribution in [2.75, 3.05) is 6.61 Å². The topological polar surface area (TPSA) is 26.3 Å². The molecule has 0 bridgehead atoms. The first-order valence-electron chi connectivity index (χ1n) is 3.56. The van der Waals surface area contributed by atoms with E-state index in [0.29, 0.717) is 5.75 Å². The Hall–Kier alpha value is -1.02. The molecule has 1 aromatic carbocycles. The summed E-state index contributed by atoms with van der Waals surface area (Å²) in [6.45, 7) is 1.88. The fourth-order valence-corrected chi connectivity index (χ4v) is 0.900. The molecule has 12 heavy (non-hydrogen) atoms. The Labute approximate surface area is 76.1 Å². The summed E-state index contributed by atoms with van der Waals surface area (Å²) in [7, 11) is 0. The van der Waals surface area contributed by atoms with E-state index in [-0.39, 0.29) is 6.61 Å². The van der Waals surface area contributed by atoms with Crippen molar-refractivity contribution in [3.05, 3.63) is 29.8 Å². The Balaban J connectivity index is 2.57. The van der Waals surface area contributed by atoms with E-state index in [9.17, 15) is 4.79 Å². The van der Waals surface area contributed by atoms with Gasteiger partial charge in [-0.2, -0.15) is 0 Å². The van der Waals surface area contributed by atoms with Crippen molar-refractivity contribution >= 4 is 16.8 Å². The van der Waals surface area contributed by atoms with Crippen LogP contribution in [0.3, 0.4) is 0 Å². The van der Waals surface area contributed by atoms with Gasteiger partial charge in [0.05, 0.1) is 0 Å². The fraction of sp³-hybridized carbons (Fsp3) is 0.222. The summed E-state index contributed by atoms with van der Waals surface area (Å²) < 4.78 is 5.07. The minimum absolute atomic E-state index is 0.0784. The fourth-order valence-electron chi connectivity index (χ4n) is 0.845. The zero-order valence-corrected chi connectivity index (χ0v) is 7.47. The van der Waals surface area contributed by atoms with Crippen LogP contribution in [0.4, 0.5) is 0 Å². The second-order valence-corrected chi connectivity index (χ2v) is 2.88. The van der Waals surface area contributed by atoms with Crippen LogP contribution < -0.4 is 4.74 Å². The number of aryl methyl sites for hydroxylation is 1. The zero-order valence-electron chi connectivity index (χ0n) is 6.71. The number of benzene rings is 1. The predicted octanol–water partition coefficient (Wildman–Crippen LogP) is 2.14. The van der Waals surface area contributed by atoms with Gasteiger partial charge in [-0.15, -0.1) is 0 Å². The first kappa shape index (κ1) is 9.07. The summed E-state index contributed by atoms with van der Waals surface area (Å²) in [6.07, 6.45) is 0. The van der Waals surface area contributed by atoms with Gasteiger partial charge in [-0.1, -0.05) is 12.1 Å². The van der Waals surface area contributed by atoms with Crippen molar-refractivity contribution in [3.63, 3.8) is 0 Å². The van der Waals surface area contributed by atoms with E-state index in [1.54, 1.807) is 6.07 Å². The Bertz CT molecular complexity index is 284. The van der Waals surface area contributed by atoms with Crippen LogP contribution in [0.15, 0.2) is 24.3 Å². The van der Waals surface area contributed by atoms with Gasteiger partial charge in [-0.05, 0) is 36.2 Å². The average Bonchev–Trinajstić information content (AvgIpc) is 2.01. The highest BCUT2D eigenvalue weighted by molar-refractivity contribution is 6.63. The molecule has 0 aliphatic heterocycles. The Morgan fingerprint density at radius 3 is 2.92 bits per heavy atom. The van der Waals surface area contributed by atoms with Gasteiger partial charge >= 0.3 is 0 Å². The Morgan fingerprint density at radius 1 is 1.58 bits per heavy atom. The minimum atomic E-state index is -0.489. The second kappa shape index (κ2) is 4.12. The number of carbonyl (C=O) groups is 1. The monoisotopic (exact) mass is 184 g/mol. The van der Waals surface area contributed by atoms with Gasteiger partial charge in [-0.3, -0.25) is 4.79 Å². The first-order chi connectivity index (χ1) is 5.68. The lowest BCUT2D eigenvalue weighted by molar-refractivity contribution is -0.113. The van der Waals surface area contributed by atoms with E-state index in [0.717, 1.165) is 5.56 Å². The van der Waals surface area contributed by atoms with E-state index >= 15 is 0 Å². The van der Waals surface area contributed by atoms with Crippen molar-refractivity contribution in [1.82, 2.24) is 0 Å². The maximum atomic E-state index is 10.3. The zero-order chi connectivity index (χ0) is 8.97. The summed E-state index contributed by atoms with van der Waals surface area (Å²) in [5, 5.41) is -0.489. The van der Waals surface area contributed by atoms with Crippen LogP contribution in [0.5, 0.6) is 5.75 Å². The molecule has 0 N–H and O–H groups in total. The van der Waals surface area contributed by atoms with Crippen molar-refractivity contribution < 1.29 is 9.53 Å². The molecule has 0 amide bonds. The normalized spacial score (nSPS) is 9.50. The van der Waals surface area contributed by atoms with E-state index in [4.69, 9.17) is 16.3 Å². The van der Waals surface area contributed by atoms with Crippen LogP contribution in [0.1, 0.15) is 5.56 Å². The SMILES string of the molecule is Cc1cccc(OCC(=O)Cl)c1. The second-order valence-electron chi connectivity index (χ2n) is 2.46. The number of rotatable bonds is 3. The standard InChI is InChI=1S/C9H9ClO2/c1-7-3-2-4-8(5-7)12-6-9(10)11/h2-5H,6H2,1H3. The number of hydrogen-bond acceptors (Lipinski definition) is 2. The van der Waals surface area contributed by atoms with Gasteiger partial charge in [-0.25, -0.2) is 0 Å². The van der Waals surface area contributed by atoms with E-state index in [1.165, 1.54) is 0 Å². The van der Waals surface area contributed by atoms with Gasteiger partial charge in [0, 0.05) is 0 Å². The Morgan fingerprint density at radius 2 is 2.33 bits per heavy atom. The molecular formula is C9H9ClO2. The summed E-state index contributed by atoms with van der Waals surface area (Å²) in [5.74, 6) is 0.670. The molecule has 0 atom stereocenters. The molecule has 0 aliphatic carbocycles. The molecule has 0 fully saturated rings. The molecule has 64 valence electrons. The minimum Gasteiger partial charge on any atom is -0.484 e. The molecule has 0 saturated heterocycles. The largest absolute Gasteiger partial charge is 0.484 e. The molecule has 1 aromatic rings. The highest BCUT2D eigenvalue weighted by Crippen LogP contribution is 2.12. The number of ether oxygens (including phenoxy) is 1. The predicted molar refractivity (Wildman–Crippen MR) is 47.5 cm³/mol. The Kier molecular flexibility index (Phi) is 3.11. The van der Waals surface area contributed by atoms with E-state index in [2.05, 4.69) is 0 Å². The quantitative estimate of drug-likeness (QED) is 0.673. The summed E-state index contributed by atoms with van der Waals surface area (Å²) in [5.41, 5.74) is 1.09. The van der Waals surface area contributed by atoms with Gasteiger partial charge in [0.15, 0.2) is 6.61 Å². The van der Waals surface area contributed by atoms with E-state index < -0.39 is 5.24 Å². The van der Waals surface area contributed by atoms with Crippen molar-refractivity contribution in [2.24, 2.45) is 0 Å². The van der Waals surface area contributed by atoms with Gasteiger partial charge in [0.2, 0.25) is 0 Å². The van der Waals surface area contributed by atoms with Crippen LogP contribution in [0.25, 0.3) is 0 Å². The first-order valence-corrected chi connectivity index (χ1v) is 3.94. The van der Waals surface area contributed by atoms with Crippen LogP contribution in [0.2, 0.25) is 0 Å². The van der Waals surface area contributed by atoms with Gasteiger partial charge in [0.25, 0.3) is 5.24 Å². The number of carbonyl (C=O) groups excluding carboxylic acids is 1. The molecule has 0 aromatic heterocycles. The van der Waals surface area contributed by atoms with Gasteiger partial charge < -0.3 is 4.74 Å². The maximum absolute atomic E-state index is 10.3. The number of halogens is 1. The molecule has 0 aliphatic rings. The molecular weight excluding hydrogens is 176 g/mol. The summed E-state index contributed by atoms with van der Waals surface area (Å²) >= 11 is 5.10. The van der Waals surface area contributed by atoms with Crippen molar-refractivity contribution in [3.8, 4) is 5.75 Å².